The number of carbonyl (C=O) groups excluding carboxylic acids is 3. The van der Waals surface area contributed by atoms with Crippen LogP contribution in [0.3, 0.4) is 0 Å². The number of amides is 2. The topological polar surface area (TPSA) is 84.5 Å². The lowest BCUT2D eigenvalue weighted by Gasteiger charge is -2.13. The minimum Gasteiger partial charge on any atom is -0.483 e. The van der Waals surface area contributed by atoms with Gasteiger partial charge in [-0.05, 0) is 31.0 Å². The monoisotopic (exact) mass is 402 g/mol. The molecule has 0 heterocycles. The number of ether oxygens (including phenoxy) is 1. The Kier molecular flexibility index (Phi) is 6.60. The molecule has 0 saturated carbocycles. The van der Waals surface area contributed by atoms with E-state index in [0.717, 1.165) is 11.1 Å². The van der Waals surface area contributed by atoms with Crippen LogP contribution in [0.5, 0.6) is 5.75 Å². The Morgan fingerprint density at radius 1 is 0.733 bits per heavy atom. The molecule has 0 atom stereocenters. The number of aryl methyl sites for hydroxylation is 2. The van der Waals surface area contributed by atoms with Crippen molar-refractivity contribution in [3.8, 4) is 5.75 Å². The van der Waals surface area contributed by atoms with Gasteiger partial charge in [-0.3, -0.25) is 25.2 Å². The Bertz CT molecular complexity index is 1060. The molecule has 0 radical (unpaired) electrons. The second-order valence-corrected chi connectivity index (χ2v) is 6.75. The normalized spacial score (nSPS) is 10.2. The molecular formula is C24H22N2O4. The molecule has 30 heavy (non-hydrogen) atoms. The Labute approximate surface area is 174 Å². The van der Waals surface area contributed by atoms with Crippen molar-refractivity contribution >= 4 is 17.6 Å². The summed E-state index contributed by atoms with van der Waals surface area (Å²) in [5, 5.41) is 0. The van der Waals surface area contributed by atoms with Crippen molar-refractivity contribution in [2.45, 2.75) is 13.8 Å². The van der Waals surface area contributed by atoms with E-state index in [-0.39, 0.29) is 23.5 Å². The molecule has 0 aliphatic rings. The van der Waals surface area contributed by atoms with E-state index < -0.39 is 11.8 Å². The number of carbonyl (C=O) groups is 3. The summed E-state index contributed by atoms with van der Waals surface area (Å²) in [5.74, 6) is -0.739. The highest BCUT2D eigenvalue weighted by molar-refractivity contribution is 6.15. The fourth-order valence-electron chi connectivity index (χ4n) is 3.02. The maximum absolute atomic E-state index is 12.7. The third-order valence-corrected chi connectivity index (χ3v) is 4.52. The van der Waals surface area contributed by atoms with Crippen LogP contribution in [-0.4, -0.2) is 24.2 Å². The maximum Gasteiger partial charge on any atom is 0.276 e. The van der Waals surface area contributed by atoms with E-state index >= 15 is 0 Å². The largest absolute Gasteiger partial charge is 0.483 e. The van der Waals surface area contributed by atoms with Crippen LogP contribution in [0.25, 0.3) is 0 Å². The van der Waals surface area contributed by atoms with Crippen LogP contribution < -0.4 is 15.6 Å². The second kappa shape index (κ2) is 9.52. The molecule has 6 nitrogen and oxygen atoms in total. The van der Waals surface area contributed by atoms with E-state index in [0.29, 0.717) is 11.3 Å². The first-order chi connectivity index (χ1) is 14.5. The van der Waals surface area contributed by atoms with Crippen molar-refractivity contribution in [1.82, 2.24) is 10.9 Å². The van der Waals surface area contributed by atoms with Gasteiger partial charge in [-0.25, -0.2) is 0 Å². The highest BCUT2D eigenvalue weighted by Crippen LogP contribution is 2.22. The van der Waals surface area contributed by atoms with Crippen LogP contribution in [0.1, 0.15) is 37.4 Å². The standard InChI is InChI=1S/C24H22N2O4/c1-16-9-8-10-17(2)23(16)30-15-21(27)25-26-24(29)20-14-7-6-13-19(20)22(28)18-11-4-3-5-12-18/h3-14H,15H2,1-2H3,(H,25,27)(H,26,29). The molecule has 0 unspecified atom stereocenters. The van der Waals surface area contributed by atoms with Crippen LogP contribution in [0, 0.1) is 13.8 Å². The van der Waals surface area contributed by atoms with E-state index in [4.69, 9.17) is 4.74 Å². The zero-order valence-electron chi connectivity index (χ0n) is 16.8. The number of rotatable bonds is 6. The first-order valence-corrected chi connectivity index (χ1v) is 9.44. The van der Waals surface area contributed by atoms with Gasteiger partial charge in [-0.1, -0.05) is 66.7 Å². The van der Waals surface area contributed by atoms with Crippen LogP contribution in [-0.2, 0) is 4.79 Å². The van der Waals surface area contributed by atoms with Crippen molar-refractivity contribution in [3.63, 3.8) is 0 Å². The highest BCUT2D eigenvalue weighted by atomic mass is 16.5. The Morgan fingerprint density at radius 3 is 2.00 bits per heavy atom. The molecule has 2 amide bonds. The summed E-state index contributed by atoms with van der Waals surface area (Å²) >= 11 is 0. The average molecular weight is 402 g/mol. The lowest BCUT2D eigenvalue weighted by molar-refractivity contribution is -0.123. The number of nitrogens with one attached hydrogen (secondary N) is 2. The third-order valence-electron chi connectivity index (χ3n) is 4.52. The Hall–Kier alpha value is -3.93. The van der Waals surface area contributed by atoms with Gasteiger partial charge in [0.25, 0.3) is 11.8 Å². The summed E-state index contributed by atoms with van der Waals surface area (Å²) in [7, 11) is 0. The first-order valence-electron chi connectivity index (χ1n) is 9.44. The van der Waals surface area contributed by atoms with Crippen LogP contribution in [0.15, 0.2) is 72.8 Å². The van der Waals surface area contributed by atoms with Crippen LogP contribution in [0.2, 0.25) is 0 Å². The van der Waals surface area contributed by atoms with Gasteiger partial charge in [-0.15, -0.1) is 0 Å². The number of hydrogen-bond donors (Lipinski definition) is 2. The fraction of sp³-hybridized carbons (Fsp3) is 0.125. The summed E-state index contributed by atoms with van der Waals surface area (Å²) in [6.45, 7) is 3.53. The lowest BCUT2D eigenvalue weighted by Crippen LogP contribution is -2.44. The number of para-hydroxylation sites is 1. The quantitative estimate of drug-likeness (QED) is 0.489. The van der Waals surface area contributed by atoms with Crippen LogP contribution >= 0.6 is 0 Å². The Morgan fingerprint density at radius 2 is 1.33 bits per heavy atom. The number of ketones is 1. The second-order valence-electron chi connectivity index (χ2n) is 6.75. The summed E-state index contributed by atoms with van der Waals surface area (Å²) < 4.78 is 5.57. The molecule has 152 valence electrons. The molecule has 0 aromatic heterocycles. The molecule has 0 spiro atoms. The number of hydrogen-bond acceptors (Lipinski definition) is 4. The van der Waals surface area contributed by atoms with Crippen molar-refractivity contribution in [1.29, 1.82) is 0 Å². The molecule has 0 fully saturated rings. The zero-order chi connectivity index (χ0) is 21.5. The smallest absolute Gasteiger partial charge is 0.276 e. The molecule has 0 aliphatic carbocycles. The van der Waals surface area contributed by atoms with E-state index in [2.05, 4.69) is 10.9 Å². The van der Waals surface area contributed by atoms with Gasteiger partial charge in [-0.2, -0.15) is 0 Å². The van der Waals surface area contributed by atoms with Gasteiger partial charge >= 0.3 is 0 Å². The molecule has 3 aromatic carbocycles. The summed E-state index contributed by atoms with van der Waals surface area (Å²) in [6.07, 6.45) is 0. The molecule has 0 saturated heterocycles. The summed E-state index contributed by atoms with van der Waals surface area (Å²) in [6, 6.07) is 20.8. The summed E-state index contributed by atoms with van der Waals surface area (Å²) in [4.78, 5) is 37.4. The fourth-order valence-corrected chi connectivity index (χ4v) is 3.02. The van der Waals surface area contributed by atoms with Crippen molar-refractivity contribution in [2.75, 3.05) is 6.61 Å². The molecular weight excluding hydrogens is 380 g/mol. The van der Waals surface area contributed by atoms with Crippen molar-refractivity contribution < 1.29 is 19.1 Å². The van der Waals surface area contributed by atoms with Crippen molar-refractivity contribution in [3.05, 3.63) is 101 Å². The van der Waals surface area contributed by atoms with Crippen LogP contribution in [0.4, 0.5) is 0 Å². The van der Waals surface area contributed by atoms with E-state index in [1.54, 1.807) is 42.5 Å². The lowest BCUT2D eigenvalue weighted by atomic mass is 9.98. The maximum atomic E-state index is 12.7. The van der Waals surface area contributed by atoms with Crippen molar-refractivity contribution in [2.24, 2.45) is 0 Å². The molecule has 0 bridgehead atoms. The first kappa shape index (κ1) is 20.8. The van der Waals surface area contributed by atoms with Gasteiger partial charge < -0.3 is 4.74 Å². The van der Waals surface area contributed by atoms with Gasteiger partial charge in [0.05, 0.1) is 5.56 Å². The van der Waals surface area contributed by atoms with Gasteiger partial charge in [0, 0.05) is 11.1 Å². The van der Waals surface area contributed by atoms with Gasteiger partial charge in [0.2, 0.25) is 0 Å². The molecule has 0 aliphatic heterocycles. The average Bonchev–Trinajstić information content (AvgIpc) is 2.77. The molecule has 2 N–H and O–H groups in total. The molecule has 6 heteroatoms. The minimum absolute atomic E-state index is 0.169. The minimum atomic E-state index is -0.588. The number of hydrazine groups is 1. The van der Waals surface area contributed by atoms with Gasteiger partial charge in [0.1, 0.15) is 5.75 Å². The number of benzene rings is 3. The van der Waals surface area contributed by atoms with E-state index in [1.165, 1.54) is 6.07 Å². The van der Waals surface area contributed by atoms with E-state index in [9.17, 15) is 14.4 Å². The highest BCUT2D eigenvalue weighted by Gasteiger charge is 2.18. The SMILES string of the molecule is Cc1cccc(C)c1OCC(=O)NNC(=O)c1ccccc1C(=O)c1ccccc1. The predicted molar refractivity (Wildman–Crippen MR) is 113 cm³/mol. The predicted octanol–water partition coefficient (Wildman–Crippen LogP) is 3.37. The molecule has 3 aromatic rings. The zero-order valence-corrected chi connectivity index (χ0v) is 16.8. The van der Waals surface area contributed by atoms with E-state index in [1.807, 2.05) is 38.1 Å². The summed E-state index contributed by atoms with van der Waals surface area (Å²) in [5.41, 5.74) is 7.39. The Balaban J connectivity index is 1.63. The molecule has 3 rings (SSSR count). The third kappa shape index (κ3) is 4.91. The van der Waals surface area contributed by atoms with Gasteiger partial charge in [0.15, 0.2) is 12.4 Å².